The molecule has 7 heteroatoms. The highest BCUT2D eigenvalue weighted by Gasteiger charge is 2.28. The maximum absolute atomic E-state index is 12.5. The topological polar surface area (TPSA) is 65.1 Å². The Kier molecular flexibility index (Phi) is 4.83. The number of hydrogen-bond acceptors (Lipinski definition) is 5. The van der Waals surface area contributed by atoms with Gasteiger partial charge in [0.25, 0.3) is 0 Å². The molecule has 0 atom stereocenters. The number of Topliss-reactive ketones (excluding diaryl/α,β-unsaturated/α-hetero) is 1. The van der Waals surface area contributed by atoms with Gasteiger partial charge < -0.3 is 19.1 Å². The first kappa shape index (κ1) is 17.6. The summed E-state index contributed by atoms with van der Waals surface area (Å²) in [5.74, 6) is 0.655. The Balaban J connectivity index is 1.51. The quantitative estimate of drug-likeness (QED) is 0.736. The Morgan fingerprint density at radius 1 is 1.15 bits per heavy atom. The van der Waals surface area contributed by atoms with Crippen LogP contribution >= 0.6 is 11.6 Å². The number of rotatable bonds is 2. The number of halogens is 1. The van der Waals surface area contributed by atoms with Crippen LogP contribution in [0, 0.1) is 0 Å². The van der Waals surface area contributed by atoms with Gasteiger partial charge in [-0.05, 0) is 35.9 Å². The molecule has 2 aromatic carbocycles. The summed E-state index contributed by atoms with van der Waals surface area (Å²) in [5.41, 5.74) is 1.19. The predicted molar refractivity (Wildman–Crippen MR) is 99.2 cm³/mol. The minimum atomic E-state index is -0.447. The van der Waals surface area contributed by atoms with Crippen LogP contribution in [-0.4, -0.2) is 43.1 Å². The molecule has 2 aromatic rings. The number of ether oxygens (including phenoxy) is 3. The second-order valence-electron chi connectivity index (χ2n) is 6.12. The number of nitrogens with zero attached hydrogens (tertiary/aromatic N) is 1. The number of benzene rings is 2. The highest BCUT2D eigenvalue weighted by Crippen LogP contribution is 2.35. The van der Waals surface area contributed by atoms with E-state index < -0.39 is 6.09 Å². The molecule has 0 unspecified atom stereocenters. The molecule has 27 heavy (non-hydrogen) atoms. The number of allylic oxidation sites excluding steroid dienone is 1. The summed E-state index contributed by atoms with van der Waals surface area (Å²) in [6.45, 7) is 1.97. The second-order valence-corrected chi connectivity index (χ2v) is 6.56. The fourth-order valence-electron chi connectivity index (χ4n) is 2.89. The second kappa shape index (κ2) is 7.42. The van der Waals surface area contributed by atoms with Crippen LogP contribution in [0.1, 0.15) is 15.9 Å². The summed E-state index contributed by atoms with van der Waals surface area (Å²) >= 11 is 5.97. The smallest absolute Gasteiger partial charge is 0.415 e. The maximum atomic E-state index is 12.5. The van der Waals surface area contributed by atoms with Gasteiger partial charge in [0.05, 0.1) is 18.8 Å². The Morgan fingerprint density at radius 2 is 1.96 bits per heavy atom. The number of morpholine rings is 1. The third-order valence-electron chi connectivity index (χ3n) is 4.26. The predicted octanol–water partition coefficient (Wildman–Crippen LogP) is 3.79. The Hall–Kier alpha value is -2.83. The number of amides is 1. The number of carbonyl (C=O) groups excluding carboxylic acids is 2. The molecule has 0 spiro atoms. The minimum absolute atomic E-state index is 0.198. The summed E-state index contributed by atoms with van der Waals surface area (Å²) in [4.78, 5) is 26.3. The fraction of sp³-hybridized carbons (Fsp3) is 0.200. The molecular weight excluding hydrogens is 370 g/mol. The lowest BCUT2D eigenvalue weighted by molar-refractivity contribution is 0.0416. The summed E-state index contributed by atoms with van der Waals surface area (Å²) in [6, 6.07) is 11.8. The molecule has 138 valence electrons. The van der Waals surface area contributed by atoms with Gasteiger partial charge in [0.1, 0.15) is 11.5 Å². The van der Waals surface area contributed by atoms with E-state index in [9.17, 15) is 9.59 Å². The molecule has 1 saturated heterocycles. The Bertz CT molecular complexity index is 934. The SMILES string of the molecule is O=C1/C(=C\c2cccc(Cl)c2)Oc2cc(OC(=O)N3CCOCC3)ccc21. The van der Waals surface area contributed by atoms with E-state index >= 15 is 0 Å². The van der Waals surface area contributed by atoms with Crippen molar-refractivity contribution in [1.29, 1.82) is 0 Å². The molecule has 0 bridgehead atoms. The number of fused-ring (bicyclic) bond motifs is 1. The molecule has 1 amide bonds. The Labute approximate surface area is 160 Å². The lowest BCUT2D eigenvalue weighted by atomic mass is 10.1. The van der Waals surface area contributed by atoms with Crippen molar-refractivity contribution in [1.82, 2.24) is 4.90 Å². The number of ketones is 1. The molecular formula is C20H16ClNO5. The van der Waals surface area contributed by atoms with Crippen molar-refractivity contribution < 1.29 is 23.8 Å². The molecule has 1 fully saturated rings. The summed E-state index contributed by atoms with van der Waals surface area (Å²) in [7, 11) is 0. The zero-order chi connectivity index (χ0) is 18.8. The summed E-state index contributed by atoms with van der Waals surface area (Å²) in [6.07, 6.45) is 1.19. The highest BCUT2D eigenvalue weighted by atomic mass is 35.5. The molecule has 4 rings (SSSR count). The molecule has 0 aromatic heterocycles. The van der Waals surface area contributed by atoms with Crippen molar-refractivity contribution in [2.75, 3.05) is 26.3 Å². The fourth-order valence-corrected chi connectivity index (χ4v) is 3.09. The van der Waals surface area contributed by atoms with Gasteiger partial charge in [0, 0.05) is 24.2 Å². The van der Waals surface area contributed by atoms with Gasteiger partial charge in [-0.2, -0.15) is 0 Å². The van der Waals surface area contributed by atoms with Gasteiger partial charge in [0.2, 0.25) is 5.78 Å². The largest absolute Gasteiger partial charge is 0.452 e. The van der Waals surface area contributed by atoms with Crippen molar-refractivity contribution >= 4 is 29.6 Å². The standard InChI is InChI=1S/C20H16ClNO5/c21-14-3-1-2-13(10-14)11-18-19(23)16-5-4-15(12-17(16)27-18)26-20(24)22-6-8-25-9-7-22/h1-5,10-12H,6-9H2/b18-11+. The summed E-state index contributed by atoms with van der Waals surface area (Å²) < 4.78 is 16.3. The number of carbonyl (C=O) groups is 2. The van der Waals surface area contributed by atoms with Gasteiger partial charge in [-0.15, -0.1) is 0 Å². The van der Waals surface area contributed by atoms with Crippen LogP contribution in [0.15, 0.2) is 48.2 Å². The van der Waals surface area contributed by atoms with E-state index in [1.807, 2.05) is 6.07 Å². The van der Waals surface area contributed by atoms with Gasteiger partial charge in [-0.25, -0.2) is 4.79 Å². The molecule has 2 aliphatic rings. The first-order chi connectivity index (χ1) is 13.1. The van der Waals surface area contributed by atoms with E-state index in [1.165, 1.54) is 0 Å². The number of hydrogen-bond donors (Lipinski definition) is 0. The van der Waals surface area contributed by atoms with Gasteiger partial charge in [-0.3, -0.25) is 4.79 Å². The molecule has 0 aliphatic carbocycles. The van der Waals surface area contributed by atoms with Crippen LogP contribution in [0.4, 0.5) is 4.79 Å². The zero-order valence-corrected chi connectivity index (χ0v) is 15.1. The minimum Gasteiger partial charge on any atom is -0.452 e. The normalized spacial score (nSPS) is 17.6. The van der Waals surface area contributed by atoms with Crippen molar-refractivity contribution in [3.05, 3.63) is 64.4 Å². The van der Waals surface area contributed by atoms with E-state index in [1.54, 1.807) is 47.4 Å². The monoisotopic (exact) mass is 385 g/mol. The Morgan fingerprint density at radius 3 is 2.74 bits per heavy atom. The lowest BCUT2D eigenvalue weighted by Gasteiger charge is -2.25. The molecule has 2 heterocycles. The van der Waals surface area contributed by atoms with E-state index in [-0.39, 0.29) is 11.5 Å². The van der Waals surface area contributed by atoms with E-state index in [0.717, 1.165) is 5.56 Å². The first-order valence-electron chi connectivity index (χ1n) is 8.48. The van der Waals surface area contributed by atoms with Crippen LogP contribution in [0.25, 0.3) is 6.08 Å². The molecule has 0 radical (unpaired) electrons. The first-order valence-corrected chi connectivity index (χ1v) is 8.86. The highest BCUT2D eigenvalue weighted by molar-refractivity contribution is 6.30. The van der Waals surface area contributed by atoms with Crippen LogP contribution in [0.5, 0.6) is 11.5 Å². The summed E-state index contributed by atoms with van der Waals surface area (Å²) in [5, 5.41) is 0.574. The maximum Gasteiger partial charge on any atom is 0.415 e. The van der Waals surface area contributed by atoms with Gasteiger partial charge in [-0.1, -0.05) is 23.7 Å². The van der Waals surface area contributed by atoms with E-state index in [2.05, 4.69) is 0 Å². The van der Waals surface area contributed by atoms with Crippen molar-refractivity contribution in [3.8, 4) is 11.5 Å². The average molecular weight is 386 g/mol. The van der Waals surface area contributed by atoms with Crippen LogP contribution < -0.4 is 9.47 Å². The zero-order valence-electron chi connectivity index (χ0n) is 14.3. The molecule has 6 nitrogen and oxygen atoms in total. The van der Waals surface area contributed by atoms with Crippen molar-refractivity contribution in [2.45, 2.75) is 0 Å². The van der Waals surface area contributed by atoms with E-state index in [4.69, 9.17) is 25.8 Å². The van der Waals surface area contributed by atoms with Crippen LogP contribution in [0.2, 0.25) is 5.02 Å². The third-order valence-corrected chi connectivity index (χ3v) is 4.50. The van der Waals surface area contributed by atoms with Gasteiger partial charge >= 0.3 is 6.09 Å². The van der Waals surface area contributed by atoms with E-state index in [0.29, 0.717) is 48.4 Å². The average Bonchev–Trinajstić information content (AvgIpc) is 2.97. The third kappa shape index (κ3) is 3.82. The molecule has 2 aliphatic heterocycles. The van der Waals surface area contributed by atoms with Crippen molar-refractivity contribution in [2.24, 2.45) is 0 Å². The molecule has 0 saturated carbocycles. The van der Waals surface area contributed by atoms with Crippen molar-refractivity contribution in [3.63, 3.8) is 0 Å². The van der Waals surface area contributed by atoms with Crippen LogP contribution in [0.3, 0.4) is 0 Å². The lowest BCUT2D eigenvalue weighted by Crippen LogP contribution is -2.42. The molecule has 0 N–H and O–H groups in total. The van der Waals surface area contributed by atoms with Gasteiger partial charge in [0.15, 0.2) is 5.76 Å². The van der Waals surface area contributed by atoms with Crippen LogP contribution in [-0.2, 0) is 4.74 Å².